The van der Waals surface area contributed by atoms with Crippen molar-refractivity contribution in [3.05, 3.63) is 53.7 Å². The molecule has 0 bridgehead atoms. The molecule has 1 aromatic carbocycles. The Bertz CT molecular complexity index is 1060. The largest absolute Gasteiger partial charge is 0.451 e. The van der Waals surface area contributed by atoms with Crippen molar-refractivity contribution in [2.24, 2.45) is 0 Å². The van der Waals surface area contributed by atoms with Crippen molar-refractivity contribution in [2.45, 2.75) is 32.4 Å². The minimum Gasteiger partial charge on any atom is -0.451 e. The molecule has 1 fully saturated rings. The monoisotopic (exact) mass is 407 g/mol. The first-order valence-corrected chi connectivity index (χ1v) is 10.0. The van der Waals surface area contributed by atoms with Gasteiger partial charge in [0.2, 0.25) is 5.91 Å². The van der Waals surface area contributed by atoms with Gasteiger partial charge in [-0.15, -0.1) is 0 Å². The molecule has 8 nitrogen and oxygen atoms in total. The predicted octanol–water partition coefficient (Wildman–Crippen LogP) is 3.22. The third-order valence-electron chi connectivity index (χ3n) is 5.44. The number of amides is 2. The van der Waals surface area contributed by atoms with Crippen molar-refractivity contribution in [3.63, 3.8) is 0 Å². The van der Waals surface area contributed by atoms with Crippen LogP contribution >= 0.6 is 0 Å². The molecule has 4 rings (SSSR count). The van der Waals surface area contributed by atoms with Crippen molar-refractivity contribution in [2.75, 3.05) is 26.0 Å². The highest BCUT2D eigenvalue weighted by molar-refractivity contribution is 5.96. The number of furan rings is 1. The van der Waals surface area contributed by atoms with Crippen molar-refractivity contribution in [1.29, 1.82) is 0 Å². The van der Waals surface area contributed by atoms with Gasteiger partial charge in [-0.1, -0.05) is 18.2 Å². The summed E-state index contributed by atoms with van der Waals surface area (Å²) in [7, 11) is 3.52. The lowest BCUT2D eigenvalue weighted by atomic mass is 10.2. The molecule has 156 valence electrons. The summed E-state index contributed by atoms with van der Waals surface area (Å²) < 4.78 is 5.79. The van der Waals surface area contributed by atoms with Crippen LogP contribution in [0.2, 0.25) is 0 Å². The van der Waals surface area contributed by atoms with Crippen LogP contribution in [0.15, 0.2) is 40.8 Å². The Hall–Kier alpha value is -3.42. The first kappa shape index (κ1) is 19.9. The van der Waals surface area contributed by atoms with Gasteiger partial charge in [-0.05, 0) is 25.0 Å². The summed E-state index contributed by atoms with van der Waals surface area (Å²) >= 11 is 0. The molecule has 8 heteroatoms. The fourth-order valence-electron chi connectivity index (χ4n) is 3.74. The lowest BCUT2D eigenvalue weighted by molar-refractivity contribution is -0.128. The van der Waals surface area contributed by atoms with Gasteiger partial charge in [0.15, 0.2) is 11.6 Å². The quantitative estimate of drug-likeness (QED) is 0.698. The zero-order valence-corrected chi connectivity index (χ0v) is 17.4. The molecule has 1 saturated heterocycles. The molecule has 1 atom stereocenters. The maximum Gasteiger partial charge on any atom is 0.290 e. The molecule has 3 heterocycles. The number of hydrogen-bond acceptors (Lipinski definition) is 6. The molecule has 0 radical (unpaired) electrons. The van der Waals surface area contributed by atoms with E-state index in [0.29, 0.717) is 36.1 Å². The van der Waals surface area contributed by atoms with Gasteiger partial charge in [-0.3, -0.25) is 9.59 Å². The van der Waals surface area contributed by atoms with Crippen LogP contribution in [0.1, 0.15) is 47.9 Å². The Morgan fingerprint density at radius 2 is 2.07 bits per heavy atom. The van der Waals surface area contributed by atoms with E-state index in [2.05, 4.69) is 15.3 Å². The van der Waals surface area contributed by atoms with Gasteiger partial charge in [0.1, 0.15) is 11.4 Å². The highest BCUT2D eigenvalue weighted by atomic mass is 16.3. The third-order valence-corrected chi connectivity index (χ3v) is 5.44. The number of nitrogens with zero attached hydrogens (tertiary/aromatic N) is 4. The van der Waals surface area contributed by atoms with Crippen LogP contribution in [0.3, 0.4) is 0 Å². The number of para-hydroxylation sites is 1. The van der Waals surface area contributed by atoms with Crippen molar-refractivity contribution in [3.8, 4) is 0 Å². The normalized spacial score (nSPS) is 16.1. The van der Waals surface area contributed by atoms with E-state index in [0.717, 1.165) is 23.9 Å². The van der Waals surface area contributed by atoms with Gasteiger partial charge in [0.05, 0.1) is 18.3 Å². The van der Waals surface area contributed by atoms with Crippen LogP contribution in [0.4, 0.5) is 5.82 Å². The van der Waals surface area contributed by atoms with Crippen LogP contribution in [-0.4, -0.2) is 52.2 Å². The standard InChI is InChI=1S/C22H25N5O3/c1-14(28)26(3)13-16-12-20(23-2)25-21(24-16)17-8-6-10-27(17)22(29)19-11-15-7-4-5-9-18(15)30-19/h4-5,7,9,11-12,17H,6,8,10,13H2,1-3H3,(H,23,24,25). The molecule has 2 aromatic heterocycles. The number of hydrogen-bond donors (Lipinski definition) is 1. The van der Waals surface area contributed by atoms with E-state index in [-0.39, 0.29) is 17.9 Å². The fraction of sp³-hybridized carbons (Fsp3) is 0.364. The summed E-state index contributed by atoms with van der Waals surface area (Å²) in [5, 5.41) is 3.95. The van der Waals surface area contributed by atoms with E-state index >= 15 is 0 Å². The second-order valence-corrected chi connectivity index (χ2v) is 7.53. The molecule has 1 N–H and O–H groups in total. The van der Waals surface area contributed by atoms with E-state index in [1.165, 1.54) is 6.92 Å². The summed E-state index contributed by atoms with van der Waals surface area (Å²) in [6.45, 7) is 2.52. The number of fused-ring (bicyclic) bond motifs is 1. The summed E-state index contributed by atoms with van der Waals surface area (Å²) in [6.07, 6.45) is 1.65. The van der Waals surface area contributed by atoms with Gasteiger partial charge in [0.25, 0.3) is 5.91 Å². The van der Waals surface area contributed by atoms with Crippen molar-refractivity contribution >= 4 is 28.6 Å². The number of carbonyl (C=O) groups is 2. The molecule has 0 saturated carbocycles. The Labute approximate surface area is 174 Å². The number of likely N-dealkylation sites (tertiary alicyclic amines) is 1. The number of benzene rings is 1. The third kappa shape index (κ3) is 3.85. The van der Waals surface area contributed by atoms with Crippen LogP contribution in [0.25, 0.3) is 11.0 Å². The van der Waals surface area contributed by atoms with E-state index < -0.39 is 0 Å². The van der Waals surface area contributed by atoms with Gasteiger partial charge < -0.3 is 19.5 Å². The second kappa shape index (κ2) is 8.14. The van der Waals surface area contributed by atoms with Gasteiger partial charge >= 0.3 is 0 Å². The Morgan fingerprint density at radius 3 is 2.80 bits per heavy atom. The summed E-state index contributed by atoms with van der Waals surface area (Å²) in [4.78, 5) is 37.5. The first-order valence-electron chi connectivity index (χ1n) is 10.0. The van der Waals surface area contributed by atoms with Crippen LogP contribution < -0.4 is 5.32 Å². The molecule has 2 amide bonds. The van der Waals surface area contributed by atoms with Crippen molar-refractivity contribution < 1.29 is 14.0 Å². The number of carbonyl (C=O) groups excluding carboxylic acids is 2. The maximum atomic E-state index is 13.2. The van der Waals surface area contributed by atoms with Gasteiger partial charge in [-0.2, -0.15) is 0 Å². The van der Waals surface area contributed by atoms with Crippen LogP contribution in [0, 0.1) is 0 Å². The molecule has 0 spiro atoms. The zero-order valence-electron chi connectivity index (χ0n) is 17.4. The lowest BCUT2D eigenvalue weighted by Crippen LogP contribution is -2.32. The van der Waals surface area contributed by atoms with Crippen LogP contribution in [-0.2, 0) is 11.3 Å². The topological polar surface area (TPSA) is 91.6 Å². The Morgan fingerprint density at radius 1 is 1.27 bits per heavy atom. The van der Waals surface area contributed by atoms with E-state index in [4.69, 9.17) is 4.42 Å². The SMILES string of the molecule is CNc1cc(CN(C)C(C)=O)nc(C2CCCN2C(=O)c2cc3ccccc3o2)n1. The summed E-state index contributed by atoms with van der Waals surface area (Å²) in [5.74, 6) is 1.37. The summed E-state index contributed by atoms with van der Waals surface area (Å²) in [5.41, 5.74) is 1.42. The molecule has 30 heavy (non-hydrogen) atoms. The maximum absolute atomic E-state index is 13.2. The Kier molecular flexibility index (Phi) is 5.39. The second-order valence-electron chi connectivity index (χ2n) is 7.53. The Balaban J connectivity index is 1.63. The zero-order chi connectivity index (χ0) is 21.3. The number of nitrogens with one attached hydrogen (secondary N) is 1. The lowest BCUT2D eigenvalue weighted by Gasteiger charge is -2.24. The van der Waals surface area contributed by atoms with Gasteiger partial charge in [-0.25, -0.2) is 9.97 Å². The predicted molar refractivity (Wildman–Crippen MR) is 113 cm³/mol. The molecule has 1 unspecified atom stereocenters. The average molecular weight is 407 g/mol. The minimum atomic E-state index is -0.236. The molecule has 0 aliphatic carbocycles. The van der Waals surface area contributed by atoms with E-state index in [1.807, 2.05) is 30.3 Å². The van der Waals surface area contributed by atoms with E-state index in [1.54, 1.807) is 30.0 Å². The number of rotatable bonds is 5. The number of anilines is 1. The molecular formula is C22H25N5O3. The molecule has 1 aliphatic rings. The van der Waals surface area contributed by atoms with Gasteiger partial charge in [0, 0.05) is 39.0 Å². The van der Waals surface area contributed by atoms with E-state index in [9.17, 15) is 9.59 Å². The van der Waals surface area contributed by atoms with Crippen molar-refractivity contribution in [1.82, 2.24) is 19.8 Å². The number of aromatic nitrogens is 2. The summed E-state index contributed by atoms with van der Waals surface area (Å²) in [6, 6.07) is 10.9. The molecule has 3 aromatic rings. The fourth-order valence-corrected chi connectivity index (χ4v) is 3.74. The highest BCUT2D eigenvalue weighted by Gasteiger charge is 2.34. The first-order chi connectivity index (χ1) is 14.5. The highest BCUT2D eigenvalue weighted by Crippen LogP contribution is 2.33. The smallest absolute Gasteiger partial charge is 0.290 e. The molecular weight excluding hydrogens is 382 g/mol. The average Bonchev–Trinajstić information content (AvgIpc) is 3.40. The molecule has 1 aliphatic heterocycles. The van der Waals surface area contributed by atoms with Crippen LogP contribution in [0.5, 0.6) is 0 Å². The minimum absolute atomic E-state index is 0.0382.